The molecule has 1 saturated heterocycles. The van der Waals surface area contributed by atoms with Gasteiger partial charge in [-0.15, -0.1) is 0 Å². The molecule has 0 radical (unpaired) electrons. The minimum absolute atomic E-state index is 0.0535. The first kappa shape index (κ1) is 33.5. The van der Waals surface area contributed by atoms with Crippen molar-refractivity contribution in [3.05, 3.63) is 84.2 Å². The van der Waals surface area contributed by atoms with E-state index in [9.17, 15) is 26.4 Å². The van der Waals surface area contributed by atoms with Crippen LogP contribution in [0.1, 0.15) is 42.7 Å². The van der Waals surface area contributed by atoms with Crippen molar-refractivity contribution in [2.75, 3.05) is 18.4 Å². The van der Waals surface area contributed by atoms with Crippen LogP contribution in [0.4, 0.5) is 18.9 Å². The molecule has 4 rings (SSSR count). The lowest BCUT2D eigenvalue weighted by Gasteiger charge is -2.31. The second kappa shape index (κ2) is 14.9. The summed E-state index contributed by atoms with van der Waals surface area (Å²) in [6.45, 7) is 4.88. The number of carboxylic acids is 1. The Hall–Kier alpha value is -4.01. The molecule has 2 aromatic carbocycles. The molecule has 1 aliphatic rings. The Morgan fingerprint density at radius 2 is 1.79 bits per heavy atom. The second-order valence-electron chi connectivity index (χ2n) is 9.74. The highest BCUT2D eigenvalue weighted by molar-refractivity contribution is 7.89. The molecule has 1 unspecified atom stereocenters. The zero-order chi connectivity index (χ0) is 31.6. The number of anilines is 1. The van der Waals surface area contributed by atoms with E-state index in [-0.39, 0.29) is 35.1 Å². The standard InChI is InChI=1S/C27H31N3O5S.C2HF3O2/c1-20(2)35-24-13-11-22(12-14-24)29-27(31)21-7-5-10-26(17-21)36(32,33)30-16-6-9-25(18-30)34-19-23-8-3-4-15-28-23;3-2(4,5)1(6)7/h3-5,7-8,10-15,17,20,25H,6,9,16,18-19H2,1-2H3,(H,29,31);(H,6,7). The van der Waals surface area contributed by atoms with Gasteiger partial charge in [0.25, 0.3) is 5.91 Å². The molecule has 43 heavy (non-hydrogen) atoms. The highest BCUT2D eigenvalue weighted by atomic mass is 32.2. The topological polar surface area (TPSA) is 135 Å². The highest BCUT2D eigenvalue weighted by Crippen LogP contribution is 2.24. The van der Waals surface area contributed by atoms with Crippen molar-refractivity contribution in [2.45, 2.75) is 56.6 Å². The number of nitrogens with one attached hydrogen (secondary N) is 1. The number of sulfonamides is 1. The van der Waals surface area contributed by atoms with E-state index >= 15 is 0 Å². The summed E-state index contributed by atoms with van der Waals surface area (Å²) in [6.07, 6.45) is -2.07. The third-order valence-corrected chi connectivity index (χ3v) is 7.86. The van der Waals surface area contributed by atoms with Crippen LogP contribution in [0, 0.1) is 0 Å². The fraction of sp³-hybridized carbons (Fsp3) is 0.345. The van der Waals surface area contributed by atoms with Crippen LogP contribution in [-0.2, 0) is 26.2 Å². The molecule has 1 aliphatic heterocycles. The number of alkyl halides is 3. The number of aliphatic carboxylic acids is 1. The van der Waals surface area contributed by atoms with E-state index in [1.807, 2.05) is 32.0 Å². The van der Waals surface area contributed by atoms with Gasteiger partial charge in [0.15, 0.2) is 0 Å². The van der Waals surface area contributed by atoms with Crippen molar-refractivity contribution in [3.63, 3.8) is 0 Å². The number of ether oxygens (including phenoxy) is 2. The molecule has 1 aromatic heterocycles. The number of halogens is 3. The molecule has 0 spiro atoms. The average Bonchev–Trinajstić information content (AvgIpc) is 2.97. The third-order valence-electron chi connectivity index (χ3n) is 5.99. The largest absolute Gasteiger partial charge is 0.491 e. The number of amides is 1. The van der Waals surface area contributed by atoms with Gasteiger partial charge in [0.2, 0.25) is 10.0 Å². The maximum absolute atomic E-state index is 13.4. The lowest BCUT2D eigenvalue weighted by atomic mass is 10.1. The third kappa shape index (κ3) is 10.3. The summed E-state index contributed by atoms with van der Waals surface area (Å²) in [5.41, 5.74) is 1.66. The normalized spacial score (nSPS) is 15.7. The van der Waals surface area contributed by atoms with E-state index in [1.54, 1.807) is 42.6 Å². The fourth-order valence-electron chi connectivity index (χ4n) is 3.99. The molecule has 10 nitrogen and oxygen atoms in total. The van der Waals surface area contributed by atoms with E-state index in [0.717, 1.165) is 12.1 Å². The first-order valence-corrected chi connectivity index (χ1v) is 14.7. The van der Waals surface area contributed by atoms with Crippen molar-refractivity contribution >= 4 is 27.6 Å². The molecule has 2 heterocycles. The summed E-state index contributed by atoms with van der Waals surface area (Å²) in [7, 11) is -3.78. The Morgan fingerprint density at radius 3 is 2.40 bits per heavy atom. The molecule has 0 aliphatic carbocycles. The number of pyridine rings is 1. The van der Waals surface area contributed by atoms with Crippen molar-refractivity contribution in [1.29, 1.82) is 0 Å². The molecular weight excluding hydrogens is 591 g/mol. The Bertz CT molecular complexity index is 1470. The maximum atomic E-state index is 13.4. The zero-order valence-corrected chi connectivity index (χ0v) is 24.3. The highest BCUT2D eigenvalue weighted by Gasteiger charge is 2.38. The van der Waals surface area contributed by atoms with Gasteiger partial charge in [-0.25, -0.2) is 13.2 Å². The summed E-state index contributed by atoms with van der Waals surface area (Å²) >= 11 is 0. The van der Waals surface area contributed by atoms with Gasteiger partial charge in [0.05, 0.1) is 29.4 Å². The monoisotopic (exact) mass is 623 g/mol. The molecule has 0 bridgehead atoms. The SMILES string of the molecule is CC(C)Oc1ccc(NC(=O)c2cccc(S(=O)(=O)N3CCCC(OCc4ccccn4)C3)c2)cc1.O=C(O)C(F)(F)F. The molecule has 1 fully saturated rings. The van der Waals surface area contributed by atoms with Gasteiger partial charge in [-0.1, -0.05) is 12.1 Å². The minimum atomic E-state index is -5.08. The number of carboxylic acid groups (broad SMARTS) is 1. The van der Waals surface area contributed by atoms with Crippen LogP contribution in [0.25, 0.3) is 0 Å². The number of rotatable bonds is 9. The molecule has 14 heteroatoms. The van der Waals surface area contributed by atoms with E-state index < -0.39 is 22.2 Å². The fourth-order valence-corrected chi connectivity index (χ4v) is 5.54. The molecule has 3 aromatic rings. The number of carbonyl (C=O) groups is 2. The van der Waals surface area contributed by atoms with Gasteiger partial charge in [0.1, 0.15) is 5.75 Å². The number of hydrogen-bond donors (Lipinski definition) is 2. The number of aromatic nitrogens is 1. The van der Waals surface area contributed by atoms with Crippen LogP contribution in [-0.4, -0.2) is 66.2 Å². The van der Waals surface area contributed by atoms with Crippen LogP contribution in [0.3, 0.4) is 0 Å². The summed E-state index contributed by atoms with van der Waals surface area (Å²) in [6, 6.07) is 18.8. The Labute approximate surface area is 247 Å². The summed E-state index contributed by atoms with van der Waals surface area (Å²) in [4.78, 5) is 26.1. The van der Waals surface area contributed by atoms with Crippen LogP contribution < -0.4 is 10.1 Å². The van der Waals surface area contributed by atoms with E-state index in [2.05, 4.69) is 10.3 Å². The number of benzene rings is 2. The molecule has 1 amide bonds. The first-order valence-electron chi connectivity index (χ1n) is 13.3. The Kier molecular flexibility index (Phi) is 11.6. The molecule has 232 valence electrons. The summed E-state index contributed by atoms with van der Waals surface area (Å²) in [5.74, 6) is -2.44. The number of carbonyl (C=O) groups excluding carboxylic acids is 1. The maximum Gasteiger partial charge on any atom is 0.490 e. The van der Waals surface area contributed by atoms with Gasteiger partial charge in [-0.3, -0.25) is 9.78 Å². The quantitative estimate of drug-likeness (QED) is 0.335. The molecule has 0 saturated carbocycles. The summed E-state index contributed by atoms with van der Waals surface area (Å²) < 4.78 is 71.5. The Balaban J connectivity index is 0.000000646. The second-order valence-corrected chi connectivity index (χ2v) is 11.7. The van der Waals surface area contributed by atoms with E-state index in [0.29, 0.717) is 31.0 Å². The van der Waals surface area contributed by atoms with Crippen molar-refractivity contribution in [2.24, 2.45) is 0 Å². The van der Waals surface area contributed by atoms with E-state index in [1.165, 1.54) is 16.4 Å². The van der Waals surface area contributed by atoms with Crippen LogP contribution >= 0.6 is 0 Å². The van der Waals surface area contributed by atoms with Gasteiger partial charge in [-0.05, 0) is 81.3 Å². The molecule has 1 atom stereocenters. The van der Waals surface area contributed by atoms with Gasteiger partial charge in [0, 0.05) is 30.5 Å². The van der Waals surface area contributed by atoms with Crippen molar-refractivity contribution < 1.29 is 45.8 Å². The Morgan fingerprint density at radius 1 is 1.09 bits per heavy atom. The average molecular weight is 624 g/mol. The first-order chi connectivity index (χ1) is 20.3. The van der Waals surface area contributed by atoms with Crippen LogP contribution in [0.15, 0.2) is 77.8 Å². The number of piperidine rings is 1. The van der Waals surface area contributed by atoms with Gasteiger partial charge in [-0.2, -0.15) is 17.5 Å². The predicted molar refractivity (Wildman–Crippen MR) is 151 cm³/mol. The molecule has 2 N–H and O–H groups in total. The van der Waals surface area contributed by atoms with Gasteiger partial charge >= 0.3 is 12.1 Å². The summed E-state index contributed by atoms with van der Waals surface area (Å²) in [5, 5.41) is 9.93. The minimum Gasteiger partial charge on any atom is -0.491 e. The smallest absolute Gasteiger partial charge is 0.490 e. The zero-order valence-electron chi connectivity index (χ0n) is 23.5. The van der Waals surface area contributed by atoms with Crippen molar-refractivity contribution in [3.8, 4) is 5.75 Å². The lowest BCUT2D eigenvalue weighted by Crippen LogP contribution is -2.43. The van der Waals surface area contributed by atoms with Crippen LogP contribution in [0.2, 0.25) is 0 Å². The van der Waals surface area contributed by atoms with Crippen molar-refractivity contribution in [1.82, 2.24) is 9.29 Å². The van der Waals surface area contributed by atoms with Crippen LogP contribution in [0.5, 0.6) is 5.75 Å². The molecular formula is C29H32F3N3O7S. The predicted octanol–water partition coefficient (Wildman–Crippen LogP) is 5.12. The van der Waals surface area contributed by atoms with E-state index in [4.69, 9.17) is 19.4 Å². The van der Waals surface area contributed by atoms with Gasteiger partial charge < -0.3 is 19.9 Å². The lowest BCUT2D eigenvalue weighted by molar-refractivity contribution is -0.192. The number of nitrogens with zero attached hydrogens (tertiary/aromatic N) is 2. The number of hydrogen-bond acceptors (Lipinski definition) is 7.